The third-order valence-electron chi connectivity index (χ3n) is 2.52. The largest absolute Gasteiger partial charge is 0.370 e. The molecule has 95 valence electrons. The fraction of sp³-hybridized carbons (Fsp3) is 0.615. The van der Waals surface area contributed by atoms with Crippen molar-refractivity contribution in [1.82, 2.24) is 0 Å². The van der Waals surface area contributed by atoms with Gasteiger partial charge in [-0.25, -0.2) is 0 Å². The number of primary amides is 1. The number of amides is 1. The molecule has 2 N–H and O–H groups in total. The highest BCUT2D eigenvalue weighted by molar-refractivity contribution is 5.81. The van der Waals surface area contributed by atoms with E-state index in [2.05, 4.69) is 6.08 Å². The Hall–Kier alpha value is -1.13. The molecule has 1 amide bonds. The molecule has 0 bridgehead atoms. The predicted octanol–water partition coefficient (Wildman–Crippen LogP) is 1.36. The van der Waals surface area contributed by atoms with Gasteiger partial charge in [0.25, 0.3) is 0 Å². The first-order chi connectivity index (χ1) is 7.81. The summed E-state index contributed by atoms with van der Waals surface area (Å²) in [5.41, 5.74) is 4.09. The summed E-state index contributed by atoms with van der Waals surface area (Å²) in [5, 5.41) is 0. The number of nitrogens with two attached hydrogens (primary N) is 1. The molecule has 4 heteroatoms. The van der Waals surface area contributed by atoms with Gasteiger partial charge < -0.3 is 15.2 Å². The zero-order chi connectivity index (χ0) is 13.1. The van der Waals surface area contributed by atoms with Crippen LogP contribution in [-0.2, 0) is 14.3 Å². The van der Waals surface area contributed by atoms with Gasteiger partial charge in [-0.2, -0.15) is 0 Å². The summed E-state index contributed by atoms with van der Waals surface area (Å²) >= 11 is 0. The number of hydrogen-bond acceptors (Lipinski definition) is 3. The Kier molecular flexibility index (Phi) is 4.11. The van der Waals surface area contributed by atoms with Crippen LogP contribution in [0.25, 0.3) is 0 Å². The molecule has 0 aromatic carbocycles. The summed E-state index contributed by atoms with van der Waals surface area (Å²) in [6.45, 7) is 5.62. The fourth-order valence-electron chi connectivity index (χ4n) is 1.74. The Morgan fingerprint density at radius 1 is 1.53 bits per heavy atom. The molecule has 1 aliphatic rings. The van der Waals surface area contributed by atoms with Crippen molar-refractivity contribution in [3.63, 3.8) is 0 Å². The number of carbonyl (C=O) groups excluding carboxylic acids is 1. The van der Waals surface area contributed by atoms with E-state index >= 15 is 0 Å². The summed E-state index contributed by atoms with van der Waals surface area (Å²) in [4.78, 5) is 11.6. The van der Waals surface area contributed by atoms with Crippen molar-refractivity contribution in [1.29, 1.82) is 0 Å². The van der Waals surface area contributed by atoms with E-state index in [0.717, 1.165) is 0 Å². The maximum Gasteiger partial charge on any atom is 0.249 e. The van der Waals surface area contributed by atoms with Crippen molar-refractivity contribution in [2.24, 2.45) is 5.73 Å². The lowest BCUT2D eigenvalue weighted by atomic mass is 9.88. The second-order valence-corrected chi connectivity index (χ2v) is 5.08. The highest BCUT2D eigenvalue weighted by Crippen LogP contribution is 2.30. The molecule has 17 heavy (non-hydrogen) atoms. The van der Waals surface area contributed by atoms with Gasteiger partial charge in [-0.15, -0.1) is 0 Å². The van der Waals surface area contributed by atoms with E-state index in [1.165, 1.54) is 0 Å². The number of rotatable bonds is 4. The van der Waals surface area contributed by atoms with Crippen LogP contribution < -0.4 is 5.73 Å². The molecular weight excluding hydrogens is 218 g/mol. The molecule has 0 aromatic rings. The highest BCUT2D eigenvalue weighted by Gasteiger charge is 2.43. The maximum atomic E-state index is 11.6. The third-order valence-corrected chi connectivity index (χ3v) is 2.52. The minimum atomic E-state index is -0.853. The molecule has 4 nitrogen and oxygen atoms in total. The molecule has 0 saturated carbocycles. The van der Waals surface area contributed by atoms with E-state index in [1.54, 1.807) is 25.3 Å². The Morgan fingerprint density at radius 3 is 2.53 bits per heavy atom. The van der Waals surface area contributed by atoms with Crippen molar-refractivity contribution < 1.29 is 14.3 Å². The normalized spacial score (nSPS) is 25.9. The van der Waals surface area contributed by atoms with E-state index in [1.807, 2.05) is 20.8 Å². The smallest absolute Gasteiger partial charge is 0.249 e. The standard InChI is InChI=1S/C13H20NO3/c1-12(2,3)17-10(11(14)15)13(16-4)8-6-5-7-9-13/h5-6,8,10H,9H2,1-4H3,(H2,14,15). The number of methoxy groups -OCH3 is 1. The number of ether oxygens (including phenoxy) is 2. The average Bonchev–Trinajstić information content (AvgIpc) is 2.25. The van der Waals surface area contributed by atoms with Gasteiger partial charge in [0.1, 0.15) is 5.60 Å². The minimum absolute atomic E-state index is 0.448. The van der Waals surface area contributed by atoms with Gasteiger partial charge in [0.15, 0.2) is 6.10 Å². The fourth-order valence-corrected chi connectivity index (χ4v) is 1.74. The lowest BCUT2D eigenvalue weighted by Crippen LogP contribution is -2.54. The first-order valence-corrected chi connectivity index (χ1v) is 5.57. The molecule has 2 unspecified atom stereocenters. The second kappa shape index (κ2) is 5.02. The molecule has 0 fully saturated rings. The van der Waals surface area contributed by atoms with Gasteiger partial charge >= 0.3 is 0 Å². The molecular formula is C13H20NO3. The van der Waals surface area contributed by atoms with Crippen molar-refractivity contribution in [2.75, 3.05) is 7.11 Å². The van der Waals surface area contributed by atoms with Crippen LogP contribution in [0.1, 0.15) is 27.2 Å². The van der Waals surface area contributed by atoms with E-state index in [4.69, 9.17) is 15.2 Å². The SMILES string of the molecule is COC1(C(OC(C)(C)C)C(N)=O)C=CC=[C]C1. The molecule has 1 rings (SSSR count). The lowest BCUT2D eigenvalue weighted by Gasteiger charge is -2.38. The van der Waals surface area contributed by atoms with Crippen LogP contribution in [0.4, 0.5) is 0 Å². The lowest BCUT2D eigenvalue weighted by molar-refractivity contribution is -0.170. The van der Waals surface area contributed by atoms with Crippen molar-refractivity contribution >= 4 is 5.91 Å². The summed E-state index contributed by atoms with van der Waals surface area (Å²) in [7, 11) is 1.54. The summed E-state index contributed by atoms with van der Waals surface area (Å²) in [5.74, 6) is -0.532. The minimum Gasteiger partial charge on any atom is -0.370 e. The Balaban J connectivity index is 3.00. The summed E-state index contributed by atoms with van der Waals surface area (Å²) in [6.07, 6.45) is 8.01. The van der Waals surface area contributed by atoms with Gasteiger partial charge in [-0.1, -0.05) is 12.2 Å². The second-order valence-electron chi connectivity index (χ2n) is 5.08. The van der Waals surface area contributed by atoms with Crippen molar-refractivity contribution in [2.45, 2.75) is 44.5 Å². The zero-order valence-electron chi connectivity index (χ0n) is 10.8. The van der Waals surface area contributed by atoms with Crippen LogP contribution in [0, 0.1) is 6.08 Å². The van der Waals surface area contributed by atoms with Gasteiger partial charge in [0.05, 0.1) is 5.60 Å². The van der Waals surface area contributed by atoms with E-state index in [-0.39, 0.29) is 0 Å². The average molecular weight is 238 g/mol. The molecule has 0 saturated heterocycles. The van der Waals surface area contributed by atoms with Gasteiger partial charge in [-0.05, 0) is 32.9 Å². The summed E-state index contributed by atoms with van der Waals surface area (Å²) in [6, 6.07) is 0. The summed E-state index contributed by atoms with van der Waals surface area (Å²) < 4.78 is 11.2. The topological polar surface area (TPSA) is 61.6 Å². The van der Waals surface area contributed by atoms with Crippen molar-refractivity contribution in [3.05, 3.63) is 24.3 Å². The predicted molar refractivity (Wildman–Crippen MR) is 65.1 cm³/mol. The van der Waals surface area contributed by atoms with Crippen LogP contribution in [-0.4, -0.2) is 30.3 Å². The van der Waals surface area contributed by atoms with E-state index in [0.29, 0.717) is 6.42 Å². The third kappa shape index (κ3) is 3.41. The van der Waals surface area contributed by atoms with Crippen LogP contribution in [0.5, 0.6) is 0 Å². The van der Waals surface area contributed by atoms with Crippen LogP contribution in [0.2, 0.25) is 0 Å². The molecule has 0 aliphatic heterocycles. The molecule has 0 heterocycles. The van der Waals surface area contributed by atoms with Gasteiger partial charge in [-0.3, -0.25) is 4.79 Å². The van der Waals surface area contributed by atoms with Crippen LogP contribution in [0.15, 0.2) is 18.2 Å². The first kappa shape index (κ1) is 13.9. The Bertz CT molecular complexity index is 341. The molecule has 1 aliphatic carbocycles. The Labute approximate surface area is 102 Å². The Morgan fingerprint density at radius 2 is 2.18 bits per heavy atom. The highest BCUT2D eigenvalue weighted by atomic mass is 16.6. The van der Waals surface area contributed by atoms with E-state index in [9.17, 15) is 4.79 Å². The monoisotopic (exact) mass is 238 g/mol. The quantitative estimate of drug-likeness (QED) is 0.804. The van der Waals surface area contributed by atoms with Gasteiger partial charge in [0, 0.05) is 13.5 Å². The van der Waals surface area contributed by atoms with Crippen LogP contribution >= 0.6 is 0 Å². The molecule has 0 spiro atoms. The molecule has 0 aromatic heterocycles. The zero-order valence-corrected chi connectivity index (χ0v) is 10.8. The van der Waals surface area contributed by atoms with Gasteiger partial charge in [0.2, 0.25) is 5.91 Å². The number of hydrogen-bond donors (Lipinski definition) is 1. The molecule has 2 atom stereocenters. The molecule has 1 radical (unpaired) electrons. The van der Waals surface area contributed by atoms with Crippen LogP contribution in [0.3, 0.4) is 0 Å². The number of allylic oxidation sites excluding steroid dienone is 2. The van der Waals surface area contributed by atoms with Crippen molar-refractivity contribution in [3.8, 4) is 0 Å². The maximum absolute atomic E-state index is 11.6. The number of carbonyl (C=O) groups is 1. The van der Waals surface area contributed by atoms with E-state index < -0.39 is 23.2 Å². The first-order valence-electron chi connectivity index (χ1n) is 5.57.